The topological polar surface area (TPSA) is 146 Å². The van der Waals surface area contributed by atoms with Crippen LogP contribution in [0.25, 0.3) is 11.4 Å². The van der Waals surface area contributed by atoms with E-state index in [-0.39, 0.29) is 24.2 Å². The van der Waals surface area contributed by atoms with E-state index in [1.54, 1.807) is 10.7 Å². The number of carboxylic acid groups (broad SMARTS) is 1. The van der Waals surface area contributed by atoms with Crippen molar-refractivity contribution in [2.75, 3.05) is 5.32 Å². The lowest BCUT2D eigenvalue weighted by Gasteiger charge is -2.27. The molecule has 39 heavy (non-hydrogen) atoms. The van der Waals surface area contributed by atoms with Crippen LogP contribution in [0.2, 0.25) is 0 Å². The highest BCUT2D eigenvalue weighted by atomic mass is 16.5. The van der Waals surface area contributed by atoms with Gasteiger partial charge in [0.05, 0.1) is 53.9 Å². The number of aromatic nitrogens is 6. The van der Waals surface area contributed by atoms with Crippen LogP contribution in [-0.4, -0.2) is 59.3 Å². The Morgan fingerprint density at radius 1 is 1.10 bits per heavy atom. The van der Waals surface area contributed by atoms with E-state index in [2.05, 4.69) is 25.6 Å². The molecule has 0 radical (unpaired) electrons. The molecular weight excluding hydrogens is 502 g/mol. The van der Waals surface area contributed by atoms with Gasteiger partial charge < -0.3 is 24.6 Å². The van der Waals surface area contributed by atoms with Gasteiger partial charge in [-0.2, -0.15) is 9.97 Å². The fourth-order valence-electron chi connectivity index (χ4n) is 4.48. The first kappa shape index (κ1) is 28.1. The Morgan fingerprint density at radius 2 is 1.79 bits per heavy atom. The van der Waals surface area contributed by atoms with Gasteiger partial charge in [-0.15, -0.1) is 5.10 Å². The van der Waals surface area contributed by atoms with E-state index in [1.165, 1.54) is 0 Å². The lowest BCUT2D eigenvalue weighted by Crippen LogP contribution is -2.29. The van der Waals surface area contributed by atoms with Gasteiger partial charge in [-0.05, 0) is 72.4 Å². The fourth-order valence-corrected chi connectivity index (χ4v) is 4.48. The van der Waals surface area contributed by atoms with Gasteiger partial charge in [0.2, 0.25) is 17.7 Å². The second kappa shape index (κ2) is 12.3. The van der Waals surface area contributed by atoms with Gasteiger partial charge in [0, 0.05) is 7.05 Å². The Balaban J connectivity index is 1.50. The second-order valence-electron chi connectivity index (χ2n) is 10.3. The molecule has 0 aliphatic heterocycles. The minimum absolute atomic E-state index is 0.0505. The van der Waals surface area contributed by atoms with Gasteiger partial charge in [0.15, 0.2) is 0 Å². The number of carbonyl (C=O) groups is 1. The summed E-state index contributed by atoms with van der Waals surface area (Å²) in [6.07, 6.45) is 2.63. The van der Waals surface area contributed by atoms with Crippen LogP contribution in [-0.2, 0) is 18.4 Å². The Kier molecular flexibility index (Phi) is 8.82. The molecule has 4 rings (SSSR count). The zero-order valence-corrected chi connectivity index (χ0v) is 23.3. The summed E-state index contributed by atoms with van der Waals surface area (Å²) in [6.45, 7) is 9.92. The summed E-state index contributed by atoms with van der Waals surface area (Å²) in [5.41, 5.74) is 2.76. The van der Waals surface area contributed by atoms with Crippen LogP contribution in [0.1, 0.15) is 64.8 Å². The van der Waals surface area contributed by atoms with Crippen LogP contribution in [0.4, 0.5) is 5.95 Å². The highest BCUT2D eigenvalue weighted by molar-refractivity contribution is 5.70. The SMILES string of the molecule is Cc1nc(-c2nnn(C)c2CNc2nc(OC(C)C)cc(OC(C)C)n2)ccc1O[C@H]1CCC[C@H](C(=O)O)C1. The number of carboxylic acids is 1. The number of anilines is 1. The maximum Gasteiger partial charge on any atom is 0.306 e. The number of hydrogen-bond donors (Lipinski definition) is 2. The number of hydrogen-bond acceptors (Lipinski definition) is 10. The van der Waals surface area contributed by atoms with E-state index in [1.807, 2.05) is 53.8 Å². The van der Waals surface area contributed by atoms with E-state index in [0.717, 1.165) is 18.5 Å². The molecule has 0 aromatic carbocycles. The predicted octanol–water partition coefficient (Wildman–Crippen LogP) is 4.18. The molecule has 2 atom stereocenters. The molecule has 0 bridgehead atoms. The highest BCUT2D eigenvalue weighted by Gasteiger charge is 2.28. The summed E-state index contributed by atoms with van der Waals surface area (Å²) in [5.74, 6) is 0.720. The Hall–Kier alpha value is -3.96. The van der Waals surface area contributed by atoms with Gasteiger partial charge in [-0.25, -0.2) is 9.67 Å². The molecule has 1 saturated carbocycles. The Labute approximate surface area is 228 Å². The van der Waals surface area contributed by atoms with E-state index in [9.17, 15) is 9.90 Å². The van der Waals surface area contributed by atoms with Crippen molar-refractivity contribution in [3.63, 3.8) is 0 Å². The molecule has 3 aromatic rings. The minimum Gasteiger partial charge on any atom is -0.489 e. The molecule has 1 fully saturated rings. The maximum absolute atomic E-state index is 11.4. The first-order valence-electron chi connectivity index (χ1n) is 13.3. The third-order valence-electron chi connectivity index (χ3n) is 6.30. The molecule has 0 saturated heterocycles. The van der Waals surface area contributed by atoms with Crippen molar-refractivity contribution in [2.45, 2.75) is 85.2 Å². The zero-order chi connectivity index (χ0) is 28.1. The van der Waals surface area contributed by atoms with Crippen LogP contribution in [0, 0.1) is 12.8 Å². The summed E-state index contributed by atoms with van der Waals surface area (Å²) in [6, 6.07) is 5.38. The van der Waals surface area contributed by atoms with Crippen molar-refractivity contribution in [3.05, 3.63) is 29.6 Å². The Bertz CT molecular complexity index is 1270. The molecule has 0 unspecified atom stereocenters. The van der Waals surface area contributed by atoms with Crippen LogP contribution in [0.15, 0.2) is 18.2 Å². The summed E-state index contributed by atoms with van der Waals surface area (Å²) < 4.78 is 19.4. The molecule has 1 aliphatic carbocycles. The fraction of sp³-hybridized carbons (Fsp3) is 0.556. The largest absolute Gasteiger partial charge is 0.489 e. The minimum atomic E-state index is -0.759. The van der Waals surface area contributed by atoms with Crippen molar-refractivity contribution < 1.29 is 24.1 Å². The summed E-state index contributed by atoms with van der Waals surface area (Å²) >= 11 is 0. The smallest absolute Gasteiger partial charge is 0.306 e. The summed E-state index contributed by atoms with van der Waals surface area (Å²) in [5, 5.41) is 21.1. The van der Waals surface area contributed by atoms with Gasteiger partial charge in [-0.3, -0.25) is 4.79 Å². The molecular formula is C27H37N7O5. The predicted molar refractivity (Wildman–Crippen MR) is 144 cm³/mol. The van der Waals surface area contributed by atoms with Crippen molar-refractivity contribution in [1.29, 1.82) is 0 Å². The molecule has 3 heterocycles. The van der Waals surface area contributed by atoms with Crippen LogP contribution in [0.5, 0.6) is 17.5 Å². The molecule has 0 spiro atoms. The number of rotatable bonds is 11. The van der Waals surface area contributed by atoms with Crippen LogP contribution >= 0.6 is 0 Å². The van der Waals surface area contributed by atoms with Crippen molar-refractivity contribution >= 4 is 11.9 Å². The quantitative estimate of drug-likeness (QED) is 0.362. The molecule has 12 heteroatoms. The van der Waals surface area contributed by atoms with Gasteiger partial charge in [0.1, 0.15) is 11.4 Å². The van der Waals surface area contributed by atoms with E-state index in [4.69, 9.17) is 19.2 Å². The lowest BCUT2D eigenvalue weighted by atomic mass is 9.87. The molecule has 1 aliphatic rings. The number of pyridine rings is 1. The maximum atomic E-state index is 11.4. The average molecular weight is 540 g/mol. The second-order valence-corrected chi connectivity index (χ2v) is 10.3. The standard InChI is InChI=1S/C27H37N7O5/c1-15(2)37-23-13-24(38-16(3)4)31-27(30-23)28-14-21-25(32-33-34(21)6)20-10-11-22(17(5)29-20)39-19-9-7-8-18(12-19)26(35)36/h10-11,13,15-16,18-19H,7-9,12,14H2,1-6H3,(H,35,36)(H,28,30,31)/t18-,19-/m0/s1. The first-order chi connectivity index (χ1) is 18.6. The number of aryl methyl sites for hydroxylation is 2. The number of ether oxygens (including phenoxy) is 3. The van der Waals surface area contributed by atoms with Gasteiger partial charge >= 0.3 is 5.97 Å². The van der Waals surface area contributed by atoms with E-state index in [0.29, 0.717) is 59.9 Å². The molecule has 2 N–H and O–H groups in total. The molecule has 3 aromatic heterocycles. The molecule has 210 valence electrons. The molecule has 12 nitrogen and oxygen atoms in total. The summed E-state index contributed by atoms with van der Waals surface area (Å²) in [7, 11) is 1.81. The van der Waals surface area contributed by atoms with E-state index < -0.39 is 5.97 Å². The van der Waals surface area contributed by atoms with Crippen molar-refractivity contribution in [1.82, 2.24) is 29.9 Å². The van der Waals surface area contributed by atoms with E-state index >= 15 is 0 Å². The first-order valence-corrected chi connectivity index (χ1v) is 13.3. The summed E-state index contributed by atoms with van der Waals surface area (Å²) in [4.78, 5) is 25.1. The van der Waals surface area contributed by atoms with Crippen LogP contribution in [0.3, 0.4) is 0 Å². The van der Waals surface area contributed by atoms with Crippen LogP contribution < -0.4 is 19.5 Å². The third-order valence-corrected chi connectivity index (χ3v) is 6.30. The molecule has 0 amide bonds. The zero-order valence-electron chi connectivity index (χ0n) is 23.3. The number of nitrogens with zero attached hydrogens (tertiary/aromatic N) is 6. The normalized spacial score (nSPS) is 17.3. The number of nitrogens with one attached hydrogen (secondary N) is 1. The number of aliphatic carboxylic acids is 1. The van der Waals surface area contributed by atoms with Gasteiger partial charge in [-0.1, -0.05) is 5.21 Å². The van der Waals surface area contributed by atoms with Gasteiger partial charge in [0.25, 0.3) is 0 Å². The highest BCUT2D eigenvalue weighted by Crippen LogP contribution is 2.31. The Morgan fingerprint density at radius 3 is 2.41 bits per heavy atom. The third kappa shape index (κ3) is 7.33. The van der Waals surface area contributed by atoms with Crippen molar-refractivity contribution in [3.8, 4) is 28.9 Å². The average Bonchev–Trinajstić information content (AvgIpc) is 3.23. The van der Waals surface area contributed by atoms with Crippen molar-refractivity contribution in [2.24, 2.45) is 13.0 Å². The lowest BCUT2D eigenvalue weighted by molar-refractivity contribution is -0.143. The monoisotopic (exact) mass is 539 g/mol.